The maximum Gasteiger partial charge on any atom is 0.253 e. The van der Waals surface area contributed by atoms with Crippen LogP contribution in [0.15, 0.2) is 46.9 Å². The lowest BCUT2D eigenvalue weighted by atomic mass is 9.89. The third-order valence-corrected chi connectivity index (χ3v) is 6.92. The molecule has 0 saturated heterocycles. The molecule has 0 radical (unpaired) electrons. The summed E-state index contributed by atoms with van der Waals surface area (Å²) < 4.78 is 0.717. The maximum atomic E-state index is 13.0. The van der Waals surface area contributed by atoms with Gasteiger partial charge in [0.15, 0.2) is 0 Å². The Kier molecular flexibility index (Phi) is 8.40. The number of amides is 2. The Morgan fingerprint density at radius 2 is 1.80 bits per heavy atom. The Morgan fingerprint density at radius 3 is 2.53 bits per heavy atom. The Morgan fingerprint density at radius 1 is 1.07 bits per heavy atom. The van der Waals surface area contributed by atoms with Crippen LogP contribution in [0.4, 0.5) is 0 Å². The molecule has 0 aliphatic heterocycles. The van der Waals surface area contributed by atoms with E-state index in [-0.39, 0.29) is 17.9 Å². The molecule has 0 unspecified atom stereocenters. The average molecular weight is 489 g/mol. The molecule has 6 heteroatoms. The summed E-state index contributed by atoms with van der Waals surface area (Å²) in [6, 6.07) is 13.1. The van der Waals surface area contributed by atoms with Gasteiger partial charge >= 0.3 is 0 Å². The molecule has 2 amide bonds. The molecule has 0 spiro atoms. The molecule has 0 heterocycles. The minimum atomic E-state index is -0.572. The van der Waals surface area contributed by atoms with Crippen LogP contribution in [-0.2, 0) is 17.6 Å². The third-order valence-electron chi connectivity index (χ3n) is 5.58. The zero-order valence-electron chi connectivity index (χ0n) is 17.5. The topological polar surface area (TPSA) is 58.2 Å². The highest BCUT2D eigenvalue weighted by Crippen LogP contribution is 2.25. The van der Waals surface area contributed by atoms with Crippen molar-refractivity contribution in [2.24, 2.45) is 0 Å². The van der Waals surface area contributed by atoms with Gasteiger partial charge in [-0.05, 0) is 95.8 Å². The number of rotatable bonds is 8. The quantitative estimate of drug-likeness (QED) is 0.545. The number of benzene rings is 2. The van der Waals surface area contributed by atoms with Gasteiger partial charge in [-0.1, -0.05) is 30.3 Å². The molecular formula is C24H29BrN2O2S. The molecule has 0 bridgehead atoms. The summed E-state index contributed by atoms with van der Waals surface area (Å²) in [6.45, 7) is 2.00. The Balaban J connectivity index is 1.68. The van der Waals surface area contributed by atoms with Crippen LogP contribution in [0.25, 0.3) is 0 Å². The SMILES string of the molecule is CSCC[C@H](NC(=O)c1ccccc1Br)C(=O)N[C@@H](C)c1ccc2c(c1)CCCC2. The van der Waals surface area contributed by atoms with Crippen molar-refractivity contribution in [2.45, 2.75) is 51.1 Å². The van der Waals surface area contributed by atoms with Crippen molar-refractivity contribution in [1.82, 2.24) is 10.6 Å². The molecule has 0 fully saturated rings. The summed E-state index contributed by atoms with van der Waals surface area (Å²) >= 11 is 5.08. The fourth-order valence-electron chi connectivity index (χ4n) is 3.81. The fourth-order valence-corrected chi connectivity index (χ4v) is 4.74. The third kappa shape index (κ3) is 5.88. The number of halogens is 1. The van der Waals surface area contributed by atoms with Crippen LogP contribution in [-0.4, -0.2) is 29.9 Å². The first-order valence-corrected chi connectivity index (χ1v) is 12.6. The number of carbonyl (C=O) groups is 2. The molecule has 4 nitrogen and oxygen atoms in total. The smallest absolute Gasteiger partial charge is 0.253 e. The van der Waals surface area contributed by atoms with E-state index in [2.05, 4.69) is 44.8 Å². The molecule has 1 aliphatic rings. The van der Waals surface area contributed by atoms with E-state index in [0.29, 0.717) is 16.5 Å². The molecule has 2 aromatic carbocycles. The number of carbonyl (C=O) groups excluding carboxylic acids is 2. The van der Waals surface area contributed by atoms with Crippen molar-refractivity contribution in [1.29, 1.82) is 0 Å². The van der Waals surface area contributed by atoms with Gasteiger partial charge in [0, 0.05) is 4.47 Å². The van der Waals surface area contributed by atoms with E-state index in [1.807, 2.05) is 31.4 Å². The number of thioether (sulfide) groups is 1. The highest BCUT2D eigenvalue weighted by atomic mass is 79.9. The van der Waals surface area contributed by atoms with Crippen LogP contribution in [0.5, 0.6) is 0 Å². The van der Waals surface area contributed by atoms with Crippen molar-refractivity contribution in [3.63, 3.8) is 0 Å². The number of fused-ring (bicyclic) bond motifs is 1. The van der Waals surface area contributed by atoms with E-state index < -0.39 is 6.04 Å². The Hall–Kier alpha value is -1.79. The van der Waals surface area contributed by atoms with Gasteiger partial charge in [0.05, 0.1) is 11.6 Å². The zero-order valence-corrected chi connectivity index (χ0v) is 19.9. The molecule has 2 atom stereocenters. The van der Waals surface area contributed by atoms with E-state index in [1.165, 1.54) is 24.0 Å². The molecule has 2 aromatic rings. The summed E-state index contributed by atoms with van der Waals surface area (Å²) in [4.78, 5) is 25.8. The molecule has 1 aliphatic carbocycles. The fraction of sp³-hybridized carbons (Fsp3) is 0.417. The second kappa shape index (κ2) is 11.0. The second-order valence-corrected chi connectivity index (χ2v) is 9.59. The lowest BCUT2D eigenvalue weighted by molar-refractivity contribution is -0.123. The first-order valence-electron chi connectivity index (χ1n) is 10.5. The number of nitrogens with one attached hydrogen (secondary N) is 2. The molecular weight excluding hydrogens is 460 g/mol. The van der Waals surface area contributed by atoms with Crippen LogP contribution >= 0.6 is 27.7 Å². The molecule has 30 heavy (non-hydrogen) atoms. The monoisotopic (exact) mass is 488 g/mol. The molecule has 0 saturated carbocycles. The Bertz CT molecular complexity index is 903. The van der Waals surface area contributed by atoms with Crippen LogP contribution < -0.4 is 10.6 Å². The second-order valence-electron chi connectivity index (χ2n) is 7.75. The number of hydrogen-bond donors (Lipinski definition) is 2. The van der Waals surface area contributed by atoms with E-state index in [4.69, 9.17) is 0 Å². The largest absolute Gasteiger partial charge is 0.348 e. The summed E-state index contributed by atoms with van der Waals surface area (Å²) in [6.07, 6.45) is 7.33. The van der Waals surface area contributed by atoms with Gasteiger partial charge in [0.2, 0.25) is 5.91 Å². The van der Waals surface area contributed by atoms with Gasteiger partial charge in [-0.25, -0.2) is 0 Å². The summed E-state index contributed by atoms with van der Waals surface area (Å²) in [7, 11) is 0. The van der Waals surface area contributed by atoms with E-state index in [0.717, 1.165) is 24.2 Å². The van der Waals surface area contributed by atoms with Crippen molar-refractivity contribution < 1.29 is 9.59 Å². The Labute approximate surface area is 191 Å². The number of hydrogen-bond acceptors (Lipinski definition) is 3. The van der Waals surface area contributed by atoms with Crippen LogP contribution in [0.3, 0.4) is 0 Å². The van der Waals surface area contributed by atoms with Gasteiger partial charge < -0.3 is 10.6 Å². The molecule has 3 rings (SSSR count). The molecule has 0 aromatic heterocycles. The van der Waals surface area contributed by atoms with Gasteiger partial charge in [0.1, 0.15) is 6.04 Å². The van der Waals surface area contributed by atoms with Gasteiger partial charge in [-0.3, -0.25) is 9.59 Å². The first kappa shape index (κ1) is 22.9. The van der Waals surface area contributed by atoms with Crippen molar-refractivity contribution >= 4 is 39.5 Å². The number of aryl methyl sites for hydroxylation is 2. The van der Waals surface area contributed by atoms with Gasteiger partial charge in [-0.2, -0.15) is 11.8 Å². The predicted octanol–water partition coefficient (Wildman–Crippen LogP) is 5.06. The van der Waals surface area contributed by atoms with Gasteiger partial charge in [-0.15, -0.1) is 0 Å². The maximum absolute atomic E-state index is 13.0. The first-order chi connectivity index (χ1) is 14.5. The average Bonchev–Trinajstić information content (AvgIpc) is 2.76. The minimum Gasteiger partial charge on any atom is -0.348 e. The van der Waals surface area contributed by atoms with E-state index in [9.17, 15) is 9.59 Å². The highest BCUT2D eigenvalue weighted by Gasteiger charge is 2.24. The lowest BCUT2D eigenvalue weighted by Crippen LogP contribution is -2.47. The molecule has 160 valence electrons. The predicted molar refractivity (Wildman–Crippen MR) is 128 cm³/mol. The van der Waals surface area contributed by atoms with E-state index in [1.54, 1.807) is 17.8 Å². The van der Waals surface area contributed by atoms with Crippen LogP contribution in [0, 0.1) is 0 Å². The van der Waals surface area contributed by atoms with Crippen LogP contribution in [0.2, 0.25) is 0 Å². The summed E-state index contributed by atoms with van der Waals surface area (Å²) in [5.41, 5.74) is 4.48. The molecule has 2 N–H and O–H groups in total. The minimum absolute atomic E-state index is 0.109. The lowest BCUT2D eigenvalue weighted by Gasteiger charge is -2.23. The van der Waals surface area contributed by atoms with E-state index >= 15 is 0 Å². The van der Waals surface area contributed by atoms with Crippen LogP contribution in [0.1, 0.15) is 59.3 Å². The van der Waals surface area contributed by atoms with Crippen molar-refractivity contribution in [3.05, 3.63) is 69.2 Å². The summed E-state index contributed by atoms with van der Waals surface area (Å²) in [5, 5.41) is 6.03. The van der Waals surface area contributed by atoms with Crippen molar-refractivity contribution in [2.75, 3.05) is 12.0 Å². The summed E-state index contributed by atoms with van der Waals surface area (Å²) in [5.74, 6) is 0.404. The standard InChI is InChI=1S/C24H29BrN2O2S/c1-16(18-12-11-17-7-3-4-8-19(17)15-18)26-24(29)22(13-14-30-2)27-23(28)20-9-5-6-10-21(20)25/h5-6,9-12,15-16,22H,3-4,7-8,13-14H2,1-2H3,(H,26,29)(H,27,28)/t16-,22-/m0/s1. The highest BCUT2D eigenvalue weighted by molar-refractivity contribution is 9.10. The van der Waals surface area contributed by atoms with Crippen molar-refractivity contribution in [3.8, 4) is 0 Å². The zero-order chi connectivity index (χ0) is 21.5. The normalized spacial score (nSPS) is 15.0. The van der Waals surface area contributed by atoms with Gasteiger partial charge in [0.25, 0.3) is 5.91 Å².